The Morgan fingerprint density at radius 1 is 0.900 bits per heavy atom. The highest BCUT2D eigenvalue weighted by Crippen LogP contribution is 2.19. The van der Waals surface area contributed by atoms with Crippen molar-refractivity contribution in [2.45, 2.75) is 76.1 Å². The minimum absolute atomic E-state index is 0.389. The van der Waals surface area contributed by atoms with E-state index in [0.717, 1.165) is 12.8 Å². The van der Waals surface area contributed by atoms with Gasteiger partial charge in [-0.05, 0) is 13.0 Å². The molecular weight excluding hydrogens is 262 g/mol. The van der Waals surface area contributed by atoms with Crippen molar-refractivity contribution in [3.05, 3.63) is 0 Å². The van der Waals surface area contributed by atoms with Gasteiger partial charge in [-0.3, -0.25) is 5.32 Å². The Bertz CT molecular complexity index is 252. The zero-order valence-electron chi connectivity index (χ0n) is 12.2. The number of aliphatic hydroxyl groups is 4. The second-order valence-corrected chi connectivity index (χ2v) is 5.47. The van der Waals surface area contributed by atoms with Crippen LogP contribution in [0.25, 0.3) is 0 Å². The molecule has 1 fully saturated rings. The summed E-state index contributed by atoms with van der Waals surface area (Å²) in [5, 5.41) is 41.2. The Morgan fingerprint density at radius 2 is 1.55 bits per heavy atom. The van der Waals surface area contributed by atoms with Crippen molar-refractivity contribution in [3.8, 4) is 0 Å². The molecule has 6 nitrogen and oxygen atoms in total. The highest BCUT2D eigenvalue weighted by molar-refractivity contribution is 4.90. The lowest BCUT2D eigenvalue weighted by atomic mass is 9.98. The Hall–Kier alpha value is -0.240. The van der Waals surface area contributed by atoms with Crippen molar-refractivity contribution in [1.82, 2.24) is 5.32 Å². The van der Waals surface area contributed by atoms with E-state index in [1.807, 2.05) is 0 Å². The molecule has 5 atom stereocenters. The molecular formula is C14H29NO5. The van der Waals surface area contributed by atoms with Crippen molar-refractivity contribution in [1.29, 1.82) is 0 Å². The maximum atomic E-state index is 9.81. The van der Waals surface area contributed by atoms with Gasteiger partial charge in [-0.1, -0.05) is 39.0 Å². The molecule has 120 valence electrons. The molecule has 0 aromatic heterocycles. The molecule has 5 N–H and O–H groups in total. The molecule has 0 bridgehead atoms. The average molecular weight is 291 g/mol. The number of ether oxygens (including phenoxy) is 1. The number of nitrogens with one attached hydrogen (secondary N) is 1. The summed E-state index contributed by atoms with van der Waals surface area (Å²) in [6.07, 6.45) is 1.65. The maximum absolute atomic E-state index is 9.81. The van der Waals surface area contributed by atoms with E-state index < -0.39 is 30.6 Å². The topological polar surface area (TPSA) is 102 Å². The normalized spacial score (nSPS) is 34.4. The molecule has 0 aromatic rings. The zero-order chi connectivity index (χ0) is 15.0. The average Bonchev–Trinajstić information content (AvgIpc) is 2.46. The van der Waals surface area contributed by atoms with Gasteiger partial charge in [-0.25, -0.2) is 0 Å². The first-order chi connectivity index (χ1) is 9.61. The van der Waals surface area contributed by atoms with Crippen molar-refractivity contribution in [2.24, 2.45) is 0 Å². The molecule has 1 aliphatic rings. The summed E-state index contributed by atoms with van der Waals surface area (Å²) in [5.41, 5.74) is 0. The third-order valence-corrected chi connectivity index (χ3v) is 3.77. The Balaban J connectivity index is 2.21. The molecule has 1 heterocycles. The minimum Gasteiger partial charge on any atom is -0.394 e. The molecule has 1 aliphatic heterocycles. The van der Waals surface area contributed by atoms with Crippen molar-refractivity contribution >= 4 is 0 Å². The molecule has 1 unspecified atom stereocenters. The van der Waals surface area contributed by atoms with Crippen LogP contribution in [0.5, 0.6) is 0 Å². The van der Waals surface area contributed by atoms with E-state index in [-0.39, 0.29) is 6.61 Å². The SMILES string of the molecule is CCCCCCCCNC1O[C@H](CO)[C@H](O)[C@H](O)[C@H]1O. The molecule has 0 aromatic carbocycles. The summed E-state index contributed by atoms with van der Waals surface area (Å²) in [7, 11) is 0. The maximum Gasteiger partial charge on any atom is 0.137 e. The summed E-state index contributed by atoms with van der Waals surface area (Å²) in [6, 6.07) is 0. The summed E-state index contributed by atoms with van der Waals surface area (Å²) in [4.78, 5) is 0. The van der Waals surface area contributed by atoms with Crippen LogP contribution in [0, 0.1) is 0 Å². The fraction of sp³-hybridized carbons (Fsp3) is 1.00. The van der Waals surface area contributed by atoms with E-state index in [0.29, 0.717) is 6.54 Å². The standard InChI is InChI=1S/C14H29NO5/c1-2-3-4-5-6-7-8-15-14-13(19)12(18)11(17)10(9-16)20-14/h10-19H,2-9H2,1H3/t10-,11+,12+,13-,14?/m1/s1. The van der Waals surface area contributed by atoms with Crippen molar-refractivity contribution in [2.75, 3.05) is 13.2 Å². The number of hydrogen-bond donors (Lipinski definition) is 5. The van der Waals surface area contributed by atoms with Crippen LogP contribution >= 0.6 is 0 Å². The summed E-state index contributed by atoms with van der Waals surface area (Å²) < 4.78 is 5.35. The largest absolute Gasteiger partial charge is 0.394 e. The van der Waals surface area contributed by atoms with E-state index in [1.165, 1.54) is 25.7 Å². The van der Waals surface area contributed by atoms with Crippen LogP contribution in [0.4, 0.5) is 0 Å². The fourth-order valence-electron chi connectivity index (χ4n) is 2.42. The number of hydrogen-bond acceptors (Lipinski definition) is 6. The molecule has 1 rings (SSSR count). The third kappa shape index (κ3) is 5.27. The summed E-state index contributed by atoms with van der Waals surface area (Å²) >= 11 is 0. The van der Waals surface area contributed by atoms with Gasteiger partial charge >= 0.3 is 0 Å². The third-order valence-electron chi connectivity index (χ3n) is 3.77. The Kier molecular flexibility index (Phi) is 8.60. The highest BCUT2D eigenvalue weighted by Gasteiger charge is 2.42. The number of aliphatic hydroxyl groups excluding tert-OH is 4. The van der Waals surface area contributed by atoms with Crippen LogP contribution in [-0.4, -0.2) is 64.2 Å². The molecule has 0 radical (unpaired) electrons. The van der Waals surface area contributed by atoms with Gasteiger partial charge in [0, 0.05) is 0 Å². The van der Waals surface area contributed by atoms with Gasteiger partial charge in [-0.15, -0.1) is 0 Å². The van der Waals surface area contributed by atoms with Gasteiger partial charge in [0.1, 0.15) is 30.6 Å². The van der Waals surface area contributed by atoms with Gasteiger partial charge in [0.25, 0.3) is 0 Å². The van der Waals surface area contributed by atoms with E-state index in [1.54, 1.807) is 0 Å². The van der Waals surface area contributed by atoms with Crippen molar-refractivity contribution < 1.29 is 25.2 Å². The summed E-state index contributed by atoms with van der Waals surface area (Å²) in [6.45, 7) is 2.47. The number of unbranched alkanes of at least 4 members (excludes halogenated alkanes) is 5. The van der Waals surface area contributed by atoms with Gasteiger partial charge < -0.3 is 25.2 Å². The molecule has 1 saturated heterocycles. The van der Waals surface area contributed by atoms with Gasteiger partial charge in [0.2, 0.25) is 0 Å². The second kappa shape index (κ2) is 9.65. The molecule has 6 heteroatoms. The van der Waals surface area contributed by atoms with Crippen LogP contribution in [0.1, 0.15) is 45.4 Å². The van der Waals surface area contributed by atoms with Gasteiger partial charge in [-0.2, -0.15) is 0 Å². The van der Waals surface area contributed by atoms with Crippen LogP contribution < -0.4 is 5.32 Å². The van der Waals surface area contributed by atoms with Crippen LogP contribution in [0.2, 0.25) is 0 Å². The van der Waals surface area contributed by atoms with Crippen LogP contribution in [0.3, 0.4) is 0 Å². The first-order valence-corrected chi connectivity index (χ1v) is 7.65. The first kappa shape index (κ1) is 17.8. The van der Waals surface area contributed by atoms with Crippen LogP contribution in [0.15, 0.2) is 0 Å². The minimum atomic E-state index is -1.30. The Morgan fingerprint density at radius 3 is 2.20 bits per heavy atom. The number of rotatable bonds is 9. The van der Waals surface area contributed by atoms with E-state index in [9.17, 15) is 15.3 Å². The quantitative estimate of drug-likeness (QED) is 0.375. The lowest BCUT2D eigenvalue weighted by Gasteiger charge is -2.40. The molecule has 0 aliphatic carbocycles. The summed E-state index contributed by atoms with van der Waals surface area (Å²) in [5.74, 6) is 0. The van der Waals surface area contributed by atoms with Crippen molar-refractivity contribution in [3.63, 3.8) is 0 Å². The van der Waals surface area contributed by atoms with Gasteiger partial charge in [0.15, 0.2) is 0 Å². The lowest BCUT2D eigenvalue weighted by molar-refractivity contribution is -0.236. The fourth-order valence-corrected chi connectivity index (χ4v) is 2.42. The van der Waals surface area contributed by atoms with Gasteiger partial charge in [0.05, 0.1) is 6.61 Å². The molecule has 0 amide bonds. The molecule has 20 heavy (non-hydrogen) atoms. The van der Waals surface area contributed by atoms with E-state index in [2.05, 4.69) is 12.2 Å². The second-order valence-electron chi connectivity index (χ2n) is 5.47. The highest BCUT2D eigenvalue weighted by atomic mass is 16.6. The monoisotopic (exact) mass is 291 g/mol. The zero-order valence-corrected chi connectivity index (χ0v) is 12.2. The smallest absolute Gasteiger partial charge is 0.137 e. The molecule has 0 spiro atoms. The predicted molar refractivity (Wildman–Crippen MR) is 75.1 cm³/mol. The molecule has 0 saturated carbocycles. The predicted octanol–water partition coefficient (Wildman–Crippen LogP) is -0.264. The lowest BCUT2D eigenvalue weighted by Crippen LogP contribution is -2.62. The van der Waals surface area contributed by atoms with Crippen LogP contribution in [-0.2, 0) is 4.74 Å². The van der Waals surface area contributed by atoms with E-state index in [4.69, 9.17) is 9.84 Å². The van der Waals surface area contributed by atoms with E-state index >= 15 is 0 Å². The first-order valence-electron chi connectivity index (χ1n) is 7.65. The Labute approximate surface area is 120 Å².